The summed E-state index contributed by atoms with van der Waals surface area (Å²) in [5.74, 6) is 0. The summed E-state index contributed by atoms with van der Waals surface area (Å²) in [5.41, 5.74) is 21.6. The van der Waals surface area contributed by atoms with E-state index in [2.05, 4.69) is 255 Å². The van der Waals surface area contributed by atoms with Crippen LogP contribution in [0.5, 0.6) is 0 Å². The molecule has 0 N–H and O–H groups in total. The van der Waals surface area contributed by atoms with Gasteiger partial charge >= 0.3 is 0 Å². The summed E-state index contributed by atoms with van der Waals surface area (Å²) in [6.07, 6.45) is 0. The van der Waals surface area contributed by atoms with Crippen LogP contribution >= 0.6 is 0 Å². The van der Waals surface area contributed by atoms with Crippen molar-refractivity contribution in [2.75, 3.05) is 0 Å². The predicted octanol–water partition coefficient (Wildman–Crippen LogP) is 16.7. The van der Waals surface area contributed by atoms with Crippen molar-refractivity contribution in [3.05, 3.63) is 255 Å². The molecule has 0 fully saturated rings. The van der Waals surface area contributed by atoms with E-state index in [1.54, 1.807) is 0 Å². The SMILES string of the molecule is c1ccc(-c2ccc(-c3cccc(-c4cc(-c5ccc(-c6cccc(-c7ccccc7)c6)cc5)cc(-c5cccc(-c6cccc(-c7ccccc7)c6)c5)c4)c3)cc2)cc1. The molecule has 0 saturated carbocycles. The minimum absolute atomic E-state index is 1.18. The van der Waals surface area contributed by atoms with Crippen molar-refractivity contribution in [1.82, 2.24) is 0 Å². The van der Waals surface area contributed by atoms with Crippen molar-refractivity contribution in [3.63, 3.8) is 0 Å². The van der Waals surface area contributed by atoms with Gasteiger partial charge in [0.15, 0.2) is 0 Å². The zero-order valence-corrected chi connectivity index (χ0v) is 33.2. The average molecular weight is 763 g/mol. The zero-order valence-electron chi connectivity index (χ0n) is 33.2. The summed E-state index contributed by atoms with van der Waals surface area (Å²) in [4.78, 5) is 0. The molecule has 0 aliphatic carbocycles. The van der Waals surface area contributed by atoms with E-state index in [9.17, 15) is 0 Å². The van der Waals surface area contributed by atoms with E-state index in [1.807, 2.05) is 0 Å². The van der Waals surface area contributed by atoms with Gasteiger partial charge in [-0.15, -0.1) is 0 Å². The smallest absolute Gasteiger partial charge is 0.0171 e. The van der Waals surface area contributed by atoms with E-state index in [-0.39, 0.29) is 0 Å². The largest absolute Gasteiger partial charge is 0.0622 e. The molecule has 0 unspecified atom stereocenters. The molecule has 0 bridgehead atoms. The Balaban J connectivity index is 1.03. The molecule has 0 heterocycles. The fourth-order valence-electron chi connectivity index (χ4n) is 8.24. The minimum Gasteiger partial charge on any atom is -0.0622 e. The molecule has 10 aromatic rings. The van der Waals surface area contributed by atoms with E-state index in [0.29, 0.717) is 0 Å². The molecule has 0 aromatic heterocycles. The molecule has 0 heteroatoms. The first-order chi connectivity index (χ1) is 29.7. The third kappa shape index (κ3) is 7.88. The maximum absolute atomic E-state index is 2.35. The lowest BCUT2D eigenvalue weighted by Gasteiger charge is -2.14. The van der Waals surface area contributed by atoms with Gasteiger partial charge in [0.2, 0.25) is 0 Å². The number of hydrogen-bond donors (Lipinski definition) is 0. The third-order valence-corrected chi connectivity index (χ3v) is 11.5. The van der Waals surface area contributed by atoms with E-state index in [1.165, 1.54) is 100 Å². The van der Waals surface area contributed by atoms with Gasteiger partial charge in [0.1, 0.15) is 0 Å². The van der Waals surface area contributed by atoms with Gasteiger partial charge in [-0.2, -0.15) is 0 Å². The highest BCUT2D eigenvalue weighted by atomic mass is 14.2. The van der Waals surface area contributed by atoms with E-state index < -0.39 is 0 Å². The van der Waals surface area contributed by atoms with Crippen molar-refractivity contribution in [3.8, 4) is 100 Å². The van der Waals surface area contributed by atoms with Crippen molar-refractivity contribution in [1.29, 1.82) is 0 Å². The van der Waals surface area contributed by atoms with Crippen LogP contribution in [0.1, 0.15) is 0 Å². The Labute approximate surface area is 353 Å². The first-order valence-corrected chi connectivity index (χ1v) is 20.6. The molecule has 0 atom stereocenters. The Morgan fingerprint density at radius 2 is 0.250 bits per heavy atom. The summed E-state index contributed by atoms with van der Waals surface area (Å²) in [5, 5.41) is 0. The average Bonchev–Trinajstić information content (AvgIpc) is 3.35. The van der Waals surface area contributed by atoms with Gasteiger partial charge in [-0.05, 0) is 143 Å². The molecular weight excluding hydrogens is 721 g/mol. The molecule has 10 rings (SSSR count). The lowest BCUT2D eigenvalue weighted by atomic mass is 9.90. The van der Waals surface area contributed by atoms with Crippen LogP contribution in [0.4, 0.5) is 0 Å². The first-order valence-electron chi connectivity index (χ1n) is 20.6. The first kappa shape index (κ1) is 36.5. The highest BCUT2D eigenvalue weighted by Crippen LogP contribution is 2.38. The number of rotatable bonds is 9. The molecule has 0 nitrogen and oxygen atoms in total. The summed E-state index contributed by atoms with van der Waals surface area (Å²) in [7, 11) is 0. The van der Waals surface area contributed by atoms with Crippen LogP contribution in [0.3, 0.4) is 0 Å². The van der Waals surface area contributed by atoms with Crippen LogP contribution in [0.25, 0.3) is 100 Å². The molecule has 60 heavy (non-hydrogen) atoms. The second-order valence-electron chi connectivity index (χ2n) is 15.4. The molecular formula is C60H42. The van der Waals surface area contributed by atoms with E-state index in [0.717, 1.165) is 0 Å². The summed E-state index contributed by atoms with van der Waals surface area (Å²) in [6, 6.07) is 92.4. The Kier molecular flexibility index (Phi) is 10.1. The summed E-state index contributed by atoms with van der Waals surface area (Å²) >= 11 is 0. The molecule has 0 aliphatic rings. The molecule has 282 valence electrons. The summed E-state index contributed by atoms with van der Waals surface area (Å²) in [6.45, 7) is 0. The molecule has 0 radical (unpaired) electrons. The van der Waals surface area contributed by atoms with Gasteiger partial charge in [-0.1, -0.05) is 212 Å². The van der Waals surface area contributed by atoms with Crippen LogP contribution in [0.2, 0.25) is 0 Å². The lowest BCUT2D eigenvalue weighted by molar-refractivity contribution is 1.54. The van der Waals surface area contributed by atoms with Gasteiger partial charge in [0.25, 0.3) is 0 Å². The maximum Gasteiger partial charge on any atom is -0.0171 e. The predicted molar refractivity (Wildman–Crippen MR) is 255 cm³/mol. The van der Waals surface area contributed by atoms with Gasteiger partial charge in [0, 0.05) is 0 Å². The van der Waals surface area contributed by atoms with Crippen LogP contribution in [-0.2, 0) is 0 Å². The fraction of sp³-hybridized carbons (Fsp3) is 0. The lowest BCUT2D eigenvalue weighted by Crippen LogP contribution is -1.88. The number of benzene rings is 10. The Bertz CT molecular complexity index is 3030. The van der Waals surface area contributed by atoms with Crippen LogP contribution < -0.4 is 0 Å². The van der Waals surface area contributed by atoms with Crippen molar-refractivity contribution >= 4 is 0 Å². The second-order valence-corrected chi connectivity index (χ2v) is 15.4. The van der Waals surface area contributed by atoms with Crippen molar-refractivity contribution < 1.29 is 0 Å². The molecule has 0 amide bonds. The Hall–Kier alpha value is -7.80. The molecule has 0 spiro atoms. The quantitative estimate of drug-likeness (QED) is 0.137. The Morgan fingerprint density at radius 3 is 0.550 bits per heavy atom. The fourth-order valence-corrected chi connectivity index (χ4v) is 8.24. The van der Waals surface area contributed by atoms with Crippen molar-refractivity contribution in [2.24, 2.45) is 0 Å². The van der Waals surface area contributed by atoms with E-state index >= 15 is 0 Å². The monoisotopic (exact) mass is 762 g/mol. The van der Waals surface area contributed by atoms with Crippen LogP contribution in [-0.4, -0.2) is 0 Å². The minimum atomic E-state index is 1.18. The van der Waals surface area contributed by atoms with Crippen LogP contribution in [0, 0.1) is 0 Å². The highest BCUT2D eigenvalue weighted by molar-refractivity contribution is 5.86. The zero-order chi connectivity index (χ0) is 40.1. The standard InChI is InChI=1S/C60H42/c1-4-14-43(15-5-1)46-28-30-47(31-29-46)53-23-12-26-56(38-53)59-40-58(49-34-32-48(33-35-49)52-22-10-20-50(36-52)44-16-6-2-7-17-44)41-60(42-59)57-27-13-25-55(39-57)54-24-11-21-51(37-54)45-18-8-3-9-19-45/h1-42H. The third-order valence-electron chi connectivity index (χ3n) is 11.5. The topological polar surface area (TPSA) is 0 Å². The van der Waals surface area contributed by atoms with Gasteiger partial charge in [0.05, 0.1) is 0 Å². The second kappa shape index (κ2) is 16.6. The Morgan fingerprint density at radius 1 is 0.100 bits per heavy atom. The van der Waals surface area contributed by atoms with Gasteiger partial charge in [-0.25, -0.2) is 0 Å². The van der Waals surface area contributed by atoms with Crippen molar-refractivity contribution in [2.45, 2.75) is 0 Å². The normalized spacial score (nSPS) is 11.0. The van der Waals surface area contributed by atoms with Gasteiger partial charge in [-0.3, -0.25) is 0 Å². The number of hydrogen-bond acceptors (Lipinski definition) is 0. The summed E-state index contributed by atoms with van der Waals surface area (Å²) < 4.78 is 0. The molecule has 10 aromatic carbocycles. The van der Waals surface area contributed by atoms with Gasteiger partial charge < -0.3 is 0 Å². The molecule has 0 aliphatic heterocycles. The van der Waals surface area contributed by atoms with E-state index in [4.69, 9.17) is 0 Å². The molecule has 0 saturated heterocycles. The van der Waals surface area contributed by atoms with Crippen LogP contribution in [0.15, 0.2) is 255 Å². The maximum atomic E-state index is 2.35. The highest BCUT2D eigenvalue weighted by Gasteiger charge is 2.12.